The molecule has 5 rings (SSSR count). The molecule has 2 aliphatic rings. The molecule has 2 aromatic heterocycles. The van der Waals surface area contributed by atoms with Crippen molar-refractivity contribution >= 4 is 32.5 Å². The Kier molecular flexibility index (Phi) is 5.43. The number of benzene rings is 1. The molecule has 0 atom stereocenters. The fourth-order valence-corrected chi connectivity index (χ4v) is 6.29. The van der Waals surface area contributed by atoms with Gasteiger partial charge in [0.2, 0.25) is 0 Å². The van der Waals surface area contributed by atoms with Crippen molar-refractivity contribution in [2.75, 3.05) is 11.2 Å². The van der Waals surface area contributed by atoms with Gasteiger partial charge in [0.25, 0.3) is 5.56 Å². The molecule has 0 saturated heterocycles. The number of amides is 1. The van der Waals surface area contributed by atoms with Gasteiger partial charge in [0, 0.05) is 66.5 Å². The maximum absolute atomic E-state index is 12.8. The number of aromatic nitrogens is 2. The molecule has 0 spiro atoms. The van der Waals surface area contributed by atoms with Crippen LogP contribution >= 0.6 is 0 Å². The van der Waals surface area contributed by atoms with Crippen LogP contribution in [0.4, 0.5) is 10.5 Å². The number of anilines is 1. The molecule has 1 aliphatic heterocycles. The number of carbonyl (C=O) groups is 1. The van der Waals surface area contributed by atoms with Gasteiger partial charge in [-0.2, -0.15) is 0 Å². The molecular formula is C24H28N4O5S. The summed E-state index contributed by atoms with van der Waals surface area (Å²) in [5.41, 5.74) is 4.99. The highest BCUT2D eigenvalue weighted by molar-refractivity contribution is 7.89. The van der Waals surface area contributed by atoms with Crippen LogP contribution in [0.2, 0.25) is 0 Å². The van der Waals surface area contributed by atoms with Gasteiger partial charge in [-0.3, -0.25) is 4.79 Å². The summed E-state index contributed by atoms with van der Waals surface area (Å²) in [7, 11) is -1.49. The smallest absolute Gasteiger partial charge is 0.404 e. The van der Waals surface area contributed by atoms with Gasteiger partial charge < -0.3 is 24.9 Å². The van der Waals surface area contributed by atoms with Crippen LogP contribution in [0.1, 0.15) is 36.8 Å². The van der Waals surface area contributed by atoms with Crippen LogP contribution in [0.25, 0.3) is 22.0 Å². The molecule has 34 heavy (non-hydrogen) atoms. The van der Waals surface area contributed by atoms with Crippen LogP contribution < -0.4 is 15.8 Å². The molecule has 1 fully saturated rings. The summed E-state index contributed by atoms with van der Waals surface area (Å²) in [6.45, 7) is 0.611. The summed E-state index contributed by atoms with van der Waals surface area (Å²) >= 11 is 0. The third kappa shape index (κ3) is 4.06. The number of hydrogen-bond donors (Lipinski definition) is 3. The van der Waals surface area contributed by atoms with Crippen LogP contribution in [-0.2, 0) is 29.2 Å². The number of fused-ring (bicyclic) bond motifs is 2. The summed E-state index contributed by atoms with van der Waals surface area (Å²) in [6, 6.07) is 5.94. The summed E-state index contributed by atoms with van der Waals surface area (Å²) in [4.78, 5) is 29.4. The van der Waals surface area contributed by atoms with Crippen molar-refractivity contribution in [1.82, 2.24) is 14.9 Å². The Morgan fingerprint density at radius 3 is 2.62 bits per heavy atom. The summed E-state index contributed by atoms with van der Waals surface area (Å²) in [6.07, 6.45) is 7.14. The van der Waals surface area contributed by atoms with Crippen molar-refractivity contribution < 1.29 is 18.3 Å². The molecule has 1 amide bonds. The molecule has 180 valence electrons. The molecule has 10 heteroatoms. The number of carboxylic acid groups (broad SMARTS) is 1. The van der Waals surface area contributed by atoms with Gasteiger partial charge in [-0.25, -0.2) is 13.2 Å². The third-order valence-electron chi connectivity index (χ3n) is 6.98. The van der Waals surface area contributed by atoms with E-state index in [4.69, 9.17) is 5.11 Å². The van der Waals surface area contributed by atoms with E-state index in [1.807, 2.05) is 30.6 Å². The fourth-order valence-electron chi connectivity index (χ4n) is 5.51. The van der Waals surface area contributed by atoms with Crippen LogP contribution in [0.5, 0.6) is 0 Å². The molecule has 0 unspecified atom stereocenters. The Balaban J connectivity index is 1.63. The molecule has 9 nitrogen and oxygen atoms in total. The van der Waals surface area contributed by atoms with E-state index < -0.39 is 15.9 Å². The zero-order chi connectivity index (χ0) is 24.2. The molecule has 1 aliphatic carbocycles. The highest BCUT2D eigenvalue weighted by atomic mass is 32.2. The fraction of sp³-hybridized carbons (Fsp3) is 0.417. The lowest BCUT2D eigenvalue weighted by Gasteiger charge is -2.38. The molecular weight excluding hydrogens is 456 g/mol. The summed E-state index contributed by atoms with van der Waals surface area (Å²) in [5.74, 6) is -0.0544. The van der Waals surface area contributed by atoms with E-state index in [1.165, 1.54) is 6.26 Å². The maximum Gasteiger partial charge on any atom is 0.404 e. The number of H-pyrrole nitrogens is 1. The minimum absolute atomic E-state index is 0.0458. The second-order valence-electron chi connectivity index (χ2n) is 9.53. The number of hydrogen-bond acceptors (Lipinski definition) is 5. The molecule has 1 aromatic carbocycles. The van der Waals surface area contributed by atoms with Gasteiger partial charge in [0.1, 0.15) is 5.52 Å². The highest BCUT2D eigenvalue weighted by Crippen LogP contribution is 2.43. The van der Waals surface area contributed by atoms with Crippen molar-refractivity contribution in [2.45, 2.75) is 50.1 Å². The predicted octanol–water partition coefficient (Wildman–Crippen LogP) is 2.98. The lowest BCUT2D eigenvalue weighted by molar-refractivity contribution is 0.184. The Morgan fingerprint density at radius 2 is 1.94 bits per heavy atom. The molecule has 0 radical (unpaired) electrons. The predicted molar refractivity (Wildman–Crippen MR) is 131 cm³/mol. The standard InChI is InChI=1S/C24H28N4O5S/c1-27-12-19-18-9-14(13-34(2,32)33)3-8-20(18)28(11-15-10-25-22(21(15)19)23(27)29)17-6-4-16(5-7-17)26-24(30)31/h3,8-10,12,16-17,25-26H,4-7,11,13H2,1-2H3,(H,30,31)/t16-,17-. The first-order valence-corrected chi connectivity index (χ1v) is 13.4. The lowest BCUT2D eigenvalue weighted by atomic mass is 9.89. The minimum atomic E-state index is -3.21. The average molecular weight is 485 g/mol. The van der Waals surface area contributed by atoms with Gasteiger partial charge in [-0.15, -0.1) is 0 Å². The summed E-state index contributed by atoms with van der Waals surface area (Å²) in [5, 5.41) is 12.5. The number of aryl methyl sites for hydroxylation is 1. The number of rotatable bonds is 4. The van der Waals surface area contributed by atoms with Crippen LogP contribution in [-0.4, -0.2) is 47.5 Å². The van der Waals surface area contributed by atoms with E-state index >= 15 is 0 Å². The first-order chi connectivity index (χ1) is 16.1. The Bertz CT molecular complexity index is 1450. The van der Waals surface area contributed by atoms with Gasteiger partial charge in [-0.05, 0) is 48.9 Å². The Morgan fingerprint density at radius 1 is 1.21 bits per heavy atom. The van der Waals surface area contributed by atoms with E-state index in [9.17, 15) is 18.0 Å². The van der Waals surface area contributed by atoms with Crippen molar-refractivity contribution in [1.29, 1.82) is 0 Å². The van der Waals surface area contributed by atoms with E-state index in [1.54, 1.807) is 11.6 Å². The SMILES string of the molecule is Cn1cc2c3c(c[nH]c3c1=O)CN([C@H]1CC[C@H](NC(=O)O)CC1)c1ccc(CS(C)(=O)=O)cc1-2. The normalized spacial score (nSPS) is 20.1. The van der Waals surface area contributed by atoms with E-state index in [0.29, 0.717) is 17.6 Å². The topological polar surface area (TPSA) is 124 Å². The first-order valence-electron chi connectivity index (χ1n) is 11.4. The molecule has 3 aromatic rings. The van der Waals surface area contributed by atoms with Crippen molar-refractivity contribution in [3.05, 3.63) is 52.1 Å². The largest absolute Gasteiger partial charge is 0.465 e. The van der Waals surface area contributed by atoms with Crippen molar-refractivity contribution in [2.24, 2.45) is 7.05 Å². The number of nitrogens with one attached hydrogen (secondary N) is 2. The second-order valence-corrected chi connectivity index (χ2v) is 11.7. The minimum Gasteiger partial charge on any atom is -0.465 e. The van der Waals surface area contributed by atoms with E-state index in [0.717, 1.165) is 53.4 Å². The zero-order valence-electron chi connectivity index (χ0n) is 19.2. The molecule has 0 bridgehead atoms. The number of sulfone groups is 1. The van der Waals surface area contributed by atoms with Crippen LogP contribution in [0.3, 0.4) is 0 Å². The zero-order valence-corrected chi connectivity index (χ0v) is 20.0. The van der Waals surface area contributed by atoms with Crippen LogP contribution in [0.15, 0.2) is 35.4 Å². The second kappa shape index (κ2) is 8.19. The van der Waals surface area contributed by atoms with Crippen molar-refractivity contribution in [3.63, 3.8) is 0 Å². The molecule has 1 saturated carbocycles. The van der Waals surface area contributed by atoms with Gasteiger partial charge in [0.05, 0.1) is 5.75 Å². The lowest BCUT2D eigenvalue weighted by Crippen LogP contribution is -2.43. The number of pyridine rings is 1. The quantitative estimate of drug-likeness (QED) is 0.523. The number of aromatic amines is 1. The van der Waals surface area contributed by atoms with E-state index in [-0.39, 0.29) is 23.4 Å². The number of nitrogens with zero attached hydrogens (tertiary/aromatic N) is 2. The maximum atomic E-state index is 12.8. The monoisotopic (exact) mass is 484 g/mol. The van der Waals surface area contributed by atoms with E-state index in [2.05, 4.69) is 15.2 Å². The van der Waals surface area contributed by atoms with Crippen molar-refractivity contribution in [3.8, 4) is 11.1 Å². The van der Waals surface area contributed by atoms with Gasteiger partial charge >= 0.3 is 6.09 Å². The third-order valence-corrected chi connectivity index (χ3v) is 7.84. The Hall–Kier alpha value is -3.27. The summed E-state index contributed by atoms with van der Waals surface area (Å²) < 4.78 is 25.5. The highest BCUT2D eigenvalue weighted by Gasteiger charge is 2.32. The van der Waals surface area contributed by atoms with Gasteiger partial charge in [-0.1, -0.05) is 6.07 Å². The van der Waals surface area contributed by atoms with Gasteiger partial charge in [0.15, 0.2) is 9.84 Å². The Labute approximate surface area is 197 Å². The first kappa shape index (κ1) is 22.5. The van der Waals surface area contributed by atoms with Crippen LogP contribution in [0, 0.1) is 0 Å². The molecule has 3 heterocycles. The molecule has 3 N–H and O–H groups in total. The average Bonchev–Trinajstić information content (AvgIpc) is 3.12.